The maximum Gasteiger partial charge on any atom is 0.508 e. The van der Waals surface area contributed by atoms with Gasteiger partial charge in [0, 0.05) is 50.2 Å². The van der Waals surface area contributed by atoms with Crippen molar-refractivity contribution in [2.24, 2.45) is 23.7 Å². The predicted molar refractivity (Wildman–Crippen MR) is 218 cm³/mol. The van der Waals surface area contributed by atoms with Crippen LogP contribution in [0.3, 0.4) is 0 Å². The Morgan fingerprint density at radius 1 is 1.10 bits per heavy atom. The number of rotatable bonds is 15. The smallest absolute Gasteiger partial charge is 0.481 e. The average Bonchev–Trinajstić information content (AvgIpc) is 4.04. The van der Waals surface area contributed by atoms with Gasteiger partial charge >= 0.3 is 24.1 Å². The highest BCUT2D eigenvalue weighted by Gasteiger charge is 2.60. The molecule has 0 saturated carbocycles. The van der Waals surface area contributed by atoms with E-state index in [9.17, 15) is 19.2 Å². The van der Waals surface area contributed by atoms with Gasteiger partial charge < -0.3 is 42.7 Å². The Kier molecular flexibility index (Phi) is 16.2. The molecule has 4 aliphatic heterocycles. The number of aliphatic carboxylic acids is 1. The Hall–Kier alpha value is -3.57. The molecule has 3 fully saturated rings. The van der Waals surface area contributed by atoms with Crippen LogP contribution >= 0.6 is 21.6 Å². The number of esters is 2. The van der Waals surface area contributed by atoms with E-state index in [0.717, 1.165) is 16.8 Å². The summed E-state index contributed by atoms with van der Waals surface area (Å²) < 4.78 is 46.9. The van der Waals surface area contributed by atoms with E-state index in [2.05, 4.69) is 4.98 Å². The zero-order chi connectivity index (χ0) is 42.1. The number of hydrogen-bond acceptors (Lipinski definition) is 15. The molecule has 1 aromatic heterocycles. The molecule has 320 valence electrons. The van der Waals surface area contributed by atoms with E-state index in [-0.39, 0.29) is 49.5 Å². The molecule has 1 N–H and O–H groups in total. The molecule has 0 radical (unpaired) electrons. The maximum atomic E-state index is 13.8. The van der Waals surface area contributed by atoms with Crippen molar-refractivity contribution in [2.45, 2.75) is 122 Å². The number of carbonyl (C=O) groups is 4. The monoisotopic (exact) mass is 847 g/mol. The van der Waals surface area contributed by atoms with Crippen LogP contribution in [0.4, 0.5) is 4.79 Å². The molecule has 12 atom stereocenters. The lowest BCUT2D eigenvalue weighted by molar-refractivity contribution is -0.159. The van der Waals surface area contributed by atoms with E-state index >= 15 is 0 Å². The van der Waals surface area contributed by atoms with Gasteiger partial charge in [0.2, 0.25) is 0 Å². The number of hydrogen-bond donors (Lipinski definition) is 1. The Morgan fingerprint density at radius 3 is 2.57 bits per heavy atom. The van der Waals surface area contributed by atoms with E-state index < -0.39 is 66.1 Å². The third-order valence-corrected chi connectivity index (χ3v) is 13.6. The zero-order valence-corrected chi connectivity index (χ0v) is 36.1. The number of epoxide rings is 2. The summed E-state index contributed by atoms with van der Waals surface area (Å²) in [6.07, 6.45) is 9.54. The van der Waals surface area contributed by atoms with Crippen molar-refractivity contribution in [1.82, 2.24) is 4.98 Å². The number of carboxylic acid groups (broad SMARTS) is 1. The van der Waals surface area contributed by atoms with Gasteiger partial charge in [-0.05, 0) is 56.8 Å². The Morgan fingerprint density at radius 2 is 1.86 bits per heavy atom. The van der Waals surface area contributed by atoms with Gasteiger partial charge in [0.25, 0.3) is 0 Å². The number of nitrogens with zero attached hydrogens (tertiary/aromatic N) is 1. The number of carbonyl (C=O) groups excluding carboxylic acids is 3. The summed E-state index contributed by atoms with van der Waals surface area (Å²) >= 11 is 0. The van der Waals surface area contributed by atoms with Crippen molar-refractivity contribution in [2.75, 3.05) is 25.2 Å². The summed E-state index contributed by atoms with van der Waals surface area (Å²) in [6.45, 7) is 13.1. The minimum absolute atomic E-state index is 0.00122. The van der Waals surface area contributed by atoms with Crippen LogP contribution in [0.1, 0.15) is 78.8 Å². The lowest BCUT2D eigenvalue weighted by Crippen LogP contribution is -2.43. The minimum atomic E-state index is -0.999. The van der Waals surface area contributed by atoms with Gasteiger partial charge in [-0.25, -0.2) is 14.6 Å². The number of methoxy groups -OCH3 is 1. The fourth-order valence-corrected chi connectivity index (χ4v) is 9.54. The minimum Gasteiger partial charge on any atom is -0.481 e. The summed E-state index contributed by atoms with van der Waals surface area (Å²) in [5.74, 6) is -1.30. The standard InChI is InChI=1S/C42H57NO13S2/c1-23(16-30-21-51-28(6)43-30)10-9-11-25(3)37(49-8)27(5)32-20-35(55-41(48)50-14-15-57-58-22-26(4)39(45)46)42(7)34(56-42)13-12-24(2)31-17-29(19-36(44)52-31)18-33-38(53-33)40(47)54-32/h9-13,16,21,24,26-27,29,31-35,37-38H,14-15,17-20,22H2,1-8H3,(H,45,46)/t24-,26+,27+,29+,31?,32+,33+,34-,35+,37+,38-,42+/m1/s1. The molecule has 5 heterocycles. The van der Waals surface area contributed by atoms with Crippen LogP contribution in [0.2, 0.25) is 0 Å². The first-order valence-electron chi connectivity index (χ1n) is 19.8. The Bertz CT molecular complexity index is 1740. The van der Waals surface area contributed by atoms with Gasteiger partial charge in [-0.3, -0.25) is 9.59 Å². The SMILES string of the molecule is CO[C@@H](C(C)=CC=CC(C)=Cc1coc(C)n1)[C@@H](C)[C@@H]1C[C@H](OC(=O)OCCSSC[C@H](C)C(=O)O)[C@@]2(C)O[C@@H]2C=C[C@@H](C)C2C[C@H](CC(=O)O2)C[C@@H]2O[C@H]2C(=O)O1. The van der Waals surface area contributed by atoms with Crippen molar-refractivity contribution in [1.29, 1.82) is 0 Å². The molecule has 16 heteroatoms. The van der Waals surface area contributed by atoms with Crippen molar-refractivity contribution in [3.63, 3.8) is 0 Å². The Balaban J connectivity index is 1.36. The van der Waals surface area contributed by atoms with Crippen LogP contribution in [0.25, 0.3) is 6.08 Å². The van der Waals surface area contributed by atoms with Crippen molar-refractivity contribution in [3.8, 4) is 0 Å². The number of cyclic esters (lactones) is 1. The van der Waals surface area contributed by atoms with E-state index in [1.54, 1.807) is 27.2 Å². The molecule has 1 aromatic rings. The number of fused-ring (bicyclic) bond motifs is 4. The van der Waals surface area contributed by atoms with Crippen molar-refractivity contribution in [3.05, 3.63) is 59.4 Å². The summed E-state index contributed by atoms with van der Waals surface area (Å²) in [4.78, 5) is 55.1. The lowest BCUT2D eigenvalue weighted by Gasteiger charge is -2.33. The molecular weight excluding hydrogens is 791 g/mol. The van der Waals surface area contributed by atoms with Gasteiger partial charge in [0.05, 0.1) is 18.1 Å². The molecule has 0 aliphatic carbocycles. The first kappa shape index (κ1) is 45.5. The quantitative estimate of drug-likeness (QED) is 0.0352. The topological polar surface area (TPSA) is 186 Å². The number of aryl methyl sites for hydroxylation is 1. The van der Waals surface area contributed by atoms with Gasteiger partial charge in [-0.15, -0.1) is 0 Å². The normalized spacial score (nSPS) is 31.9. The number of carboxylic acids is 1. The molecule has 2 bridgehead atoms. The highest BCUT2D eigenvalue weighted by atomic mass is 33.1. The summed E-state index contributed by atoms with van der Waals surface area (Å²) in [7, 11) is 4.39. The first-order chi connectivity index (χ1) is 27.6. The number of aromatic nitrogens is 1. The van der Waals surface area contributed by atoms with E-state index in [0.29, 0.717) is 30.2 Å². The van der Waals surface area contributed by atoms with E-state index in [1.807, 2.05) is 71.1 Å². The molecule has 58 heavy (non-hydrogen) atoms. The van der Waals surface area contributed by atoms with E-state index in [1.165, 1.54) is 21.6 Å². The molecule has 0 amide bonds. The largest absolute Gasteiger partial charge is 0.508 e. The van der Waals surface area contributed by atoms with Crippen LogP contribution in [0.15, 0.2) is 52.2 Å². The number of oxazole rings is 1. The van der Waals surface area contributed by atoms with Gasteiger partial charge in [0.15, 0.2) is 12.0 Å². The summed E-state index contributed by atoms with van der Waals surface area (Å²) in [5, 5.41) is 9.12. The summed E-state index contributed by atoms with van der Waals surface area (Å²) in [5.41, 5.74) is 1.55. The molecule has 5 rings (SSSR count). The fourth-order valence-electron chi connectivity index (χ4n) is 7.37. The van der Waals surface area contributed by atoms with Crippen molar-refractivity contribution >= 4 is 51.7 Å². The average molecular weight is 848 g/mol. The second kappa shape index (κ2) is 20.6. The number of ether oxygens (including phenoxy) is 7. The van der Waals surface area contributed by atoms with E-state index in [4.69, 9.17) is 42.7 Å². The van der Waals surface area contributed by atoms with Crippen LogP contribution in [-0.4, -0.2) is 108 Å². The van der Waals surface area contributed by atoms with Crippen LogP contribution in [0.5, 0.6) is 0 Å². The molecular formula is C42H57NO13S2. The second-order valence-electron chi connectivity index (χ2n) is 15.9. The van der Waals surface area contributed by atoms with Gasteiger partial charge in [-0.1, -0.05) is 72.7 Å². The third-order valence-electron chi connectivity index (χ3n) is 11.0. The number of allylic oxidation sites excluding steroid dienone is 4. The van der Waals surface area contributed by atoms with Crippen LogP contribution in [0, 0.1) is 30.6 Å². The summed E-state index contributed by atoms with van der Waals surface area (Å²) in [6, 6.07) is 0. The molecule has 0 aromatic carbocycles. The van der Waals surface area contributed by atoms with Crippen LogP contribution in [-0.2, 0) is 47.5 Å². The van der Waals surface area contributed by atoms with Crippen molar-refractivity contribution < 1.29 is 61.9 Å². The molecule has 0 spiro atoms. The molecule has 14 nitrogen and oxygen atoms in total. The fraction of sp³-hybridized carbons (Fsp3) is 0.643. The molecule has 1 unspecified atom stereocenters. The second-order valence-corrected chi connectivity index (χ2v) is 18.5. The molecule has 3 saturated heterocycles. The third kappa shape index (κ3) is 12.7. The maximum absolute atomic E-state index is 13.8. The highest BCUT2D eigenvalue weighted by Crippen LogP contribution is 2.46. The van der Waals surface area contributed by atoms with Crippen LogP contribution < -0.4 is 0 Å². The zero-order valence-electron chi connectivity index (χ0n) is 34.5. The lowest BCUT2D eigenvalue weighted by atomic mass is 9.84. The molecule has 4 aliphatic rings. The van der Waals surface area contributed by atoms with Gasteiger partial charge in [-0.2, -0.15) is 0 Å². The van der Waals surface area contributed by atoms with Gasteiger partial charge in [0.1, 0.15) is 48.6 Å². The predicted octanol–water partition coefficient (Wildman–Crippen LogP) is 7.31. The first-order valence-corrected chi connectivity index (χ1v) is 22.3. The Labute approximate surface area is 348 Å². The highest BCUT2D eigenvalue weighted by molar-refractivity contribution is 8.76.